The zero-order valence-corrected chi connectivity index (χ0v) is 8.26. The Bertz CT molecular complexity index is 365. The summed E-state index contributed by atoms with van der Waals surface area (Å²) in [5, 5.41) is 9.49. The first-order valence-corrected chi connectivity index (χ1v) is 4.91. The third-order valence-electron chi connectivity index (χ3n) is 2.56. The first kappa shape index (κ1) is 9.74. The second-order valence-corrected chi connectivity index (χ2v) is 4.10. The van der Waals surface area contributed by atoms with Gasteiger partial charge in [0.05, 0.1) is 5.02 Å². The molecule has 0 heterocycles. The van der Waals surface area contributed by atoms with Crippen molar-refractivity contribution >= 4 is 11.6 Å². The third-order valence-corrected chi connectivity index (χ3v) is 2.85. The van der Waals surface area contributed by atoms with Crippen LogP contribution in [-0.4, -0.2) is 5.11 Å². The van der Waals surface area contributed by atoms with Gasteiger partial charge in [0.2, 0.25) is 0 Å². The first-order chi connectivity index (χ1) is 6.59. The molecule has 0 aromatic heterocycles. The van der Waals surface area contributed by atoms with Gasteiger partial charge < -0.3 is 10.8 Å². The van der Waals surface area contributed by atoms with Gasteiger partial charge in [0.15, 0.2) is 0 Å². The topological polar surface area (TPSA) is 46.2 Å². The largest absolute Gasteiger partial charge is 0.508 e. The zero-order valence-electron chi connectivity index (χ0n) is 7.50. The van der Waals surface area contributed by atoms with Gasteiger partial charge in [0.1, 0.15) is 11.6 Å². The number of halogens is 2. The Labute approximate surface area is 86.5 Å². The summed E-state index contributed by atoms with van der Waals surface area (Å²) < 4.78 is 12.9. The van der Waals surface area contributed by atoms with Crippen molar-refractivity contribution in [2.75, 3.05) is 0 Å². The van der Waals surface area contributed by atoms with Gasteiger partial charge in [-0.15, -0.1) is 0 Å². The van der Waals surface area contributed by atoms with Gasteiger partial charge in [0.25, 0.3) is 0 Å². The molecule has 2 nitrogen and oxygen atoms in total. The standard InChI is InChI=1S/C10H11ClFNO/c11-7-3-6(9(14)4-8(7)12)10(13)5-1-2-5/h3-5,10,14H,1-2,13H2. The van der Waals surface area contributed by atoms with E-state index < -0.39 is 5.82 Å². The predicted octanol–water partition coefficient (Wildman–Crippen LogP) is 2.59. The van der Waals surface area contributed by atoms with Crippen LogP contribution in [0.15, 0.2) is 12.1 Å². The lowest BCUT2D eigenvalue weighted by Gasteiger charge is -2.13. The highest BCUT2D eigenvalue weighted by Gasteiger charge is 2.31. The van der Waals surface area contributed by atoms with Gasteiger partial charge in [0, 0.05) is 17.7 Å². The Balaban J connectivity index is 2.36. The second kappa shape index (κ2) is 3.41. The fraction of sp³-hybridized carbons (Fsp3) is 0.400. The van der Waals surface area contributed by atoms with E-state index in [2.05, 4.69) is 0 Å². The van der Waals surface area contributed by atoms with Crippen molar-refractivity contribution in [2.45, 2.75) is 18.9 Å². The maximum absolute atomic E-state index is 12.9. The average molecular weight is 216 g/mol. The van der Waals surface area contributed by atoms with Gasteiger partial charge in [-0.1, -0.05) is 11.6 Å². The minimum absolute atomic E-state index is 0.00824. The van der Waals surface area contributed by atoms with E-state index in [0.717, 1.165) is 18.9 Å². The summed E-state index contributed by atoms with van der Waals surface area (Å²) in [4.78, 5) is 0. The van der Waals surface area contributed by atoms with E-state index >= 15 is 0 Å². The SMILES string of the molecule is NC(c1cc(Cl)c(F)cc1O)C1CC1. The summed E-state index contributed by atoms with van der Waals surface area (Å²) >= 11 is 5.61. The molecule has 1 aromatic rings. The van der Waals surface area contributed by atoms with E-state index in [1.807, 2.05) is 0 Å². The molecule has 1 aromatic carbocycles. The lowest BCUT2D eigenvalue weighted by Crippen LogP contribution is -2.12. The van der Waals surface area contributed by atoms with Crippen LogP contribution in [-0.2, 0) is 0 Å². The minimum atomic E-state index is -0.615. The smallest absolute Gasteiger partial charge is 0.145 e. The third kappa shape index (κ3) is 1.70. The summed E-state index contributed by atoms with van der Waals surface area (Å²) in [6, 6.07) is 2.20. The molecule has 0 bridgehead atoms. The molecule has 0 saturated heterocycles. The molecule has 0 spiro atoms. The molecule has 1 unspecified atom stereocenters. The van der Waals surface area contributed by atoms with Crippen LogP contribution in [0.2, 0.25) is 5.02 Å². The second-order valence-electron chi connectivity index (χ2n) is 3.69. The molecule has 3 N–H and O–H groups in total. The van der Waals surface area contributed by atoms with Gasteiger partial charge in [-0.25, -0.2) is 4.39 Å². The lowest BCUT2D eigenvalue weighted by molar-refractivity contribution is 0.450. The molecule has 14 heavy (non-hydrogen) atoms. The number of phenols is 1. The highest BCUT2D eigenvalue weighted by atomic mass is 35.5. The Morgan fingerprint density at radius 2 is 2.14 bits per heavy atom. The van der Waals surface area contributed by atoms with Crippen LogP contribution in [0.1, 0.15) is 24.4 Å². The molecule has 0 radical (unpaired) electrons. The number of benzene rings is 1. The molecule has 0 amide bonds. The van der Waals surface area contributed by atoms with E-state index in [1.54, 1.807) is 0 Å². The molecule has 4 heteroatoms. The van der Waals surface area contributed by atoms with Crippen molar-refractivity contribution < 1.29 is 9.50 Å². The van der Waals surface area contributed by atoms with Gasteiger partial charge in [-0.05, 0) is 24.8 Å². The minimum Gasteiger partial charge on any atom is -0.508 e. The summed E-state index contributed by atoms with van der Waals surface area (Å²) in [5.74, 6) is -0.315. The van der Waals surface area contributed by atoms with Gasteiger partial charge in [-0.3, -0.25) is 0 Å². The van der Waals surface area contributed by atoms with E-state index in [-0.39, 0.29) is 16.8 Å². The van der Waals surface area contributed by atoms with Crippen LogP contribution in [0.4, 0.5) is 4.39 Å². The molecule has 1 saturated carbocycles. The molecule has 2 rings (SSSR count). The van der Waals surface area contributed by atoms with Gasteiger partial charge >= 0.3 is 0 Å². The fourth-order valence-electron chi connectivity index (χ4n) is 1.53. The van der Waals surface area contributed by atoms with Crippen molar-refractivity contribution in [1.29, 1.82) is 0 Å². The lowest BCUT2D eigenvalue weighted by atomic mass is 10.0. The normalized spacial score (nSPS) is 18.2. The number of rotatable bonds is 2. The molecule has 1 fully saturated rings. The number of hydrogen-bond acceptors (Lipinski definition) is 2. The number of aromatic hydroxyl groups is 1. The Kier molecular flexibility index (Phi) is 2.37. The average Bonchev–Trinajstić information content (AvgIpc) is 2.93. The zero-order chi connectivity index (χ0) is 10.3. The maximum atomic E-state index is 12.9. The first-order valence-electron chi connectivity index (χ1n) is 4.53. The summed E-state index contributed by atoms with van der Waals surface area (Å²) in [5.41, 5.74) is 6.42. The molecular weight excluding hydrogens is 205 g/mol. The molecule has 0 aliphatic heterocycles. The quantitative estimate of drug-likeness (QED) is 0.797. The van der Waals surface area contributed by atoms with Crippen LogP contribution in [0.25, 0.3) is 0 Å². The molecule has 1 aliphatic carbocycles. The van der Waals surface area contributed by atoms with Crippen molar-refractivity contribution in [3.8, 4) is 5.75 Å². The van der Waals surface area contributed by atoms with Crippen LogP contribution in [0, 0.1) is 11.7 Å². The molecule has 1 aliphatic rings. The highest BCUT2D eigenvalue weighted by molar-refractivity contribution is 6.30. The molecular formula is C10H11ClFNO. The summed E-state index contributed by atoms with van der Waals surface area (Å²) in [6.07, 6.45) is 2.13. The summed E-state index contributed by atoms with van der Waals surface area (Å²) in [7, 11) is 0. The van der Waals surface area contributed by atoms with Crippen molar-refractivity contribution in [3.63, 3.8) is 0 Å². The van der Waals surface area contributed by atoms with Crippen LogP contribution >= 0.6 is 11.6 Å². The number of hydrogen-bond donors (Lipinski definition) is 2. The van der Waals surface area contributed by atoms with Crippen LogP contribution < -0.4 is 5.73 Å². The Morgan fingerprint density at radius 3 is 2.71 bits per heavy atom. The van der Waals surface area contributed by atoms with Crippen molar-refractivity contribution in [1.82, 2.24) is 0 Å². The van der Waals surface area contributed by atoms with E-state index in [9.17, 15) is 9.50 Å². The van der Waals surface area contributed by atoms with Crippen LogP contribution in [0.5, 0.6) is 5.75 Å². The number of nitrogens with two attached hydrogens (primary N) is 1. The monoisotopic (exact) mass is 215 g/mol. The molecule has 76 valence electrons. The predicted molar refractivity (Wildman–Crippen MR) is 52.7 cm³/mol. The highest BCUT2D eigenvalue weighted by Crippen LogP contribution is 2.42. The fourth-order valence-corrected chi connectivity index (χ4v) is 1.70. The van der Waals surface area contributed by atoms with Crippen LogP contribution in [0.3, 0.4) is 0 Å². The Morgan fingerprint density at radius 1 is 1.50 bits per heavy atom. The van der Waals surface area contributed by atoms with E-state index in [0.29, 0.717) is 11.5 Å². The molecule has 1 atom stereocenters. The van der Waals surface area contributed by atoms with Crippen molar-refractivity contribution in [3.05, 3.63) is 28.5 Å². The maximum Gasteiger partial charge on any atom is 0.145 e. The van der Waals surface area contributed by atoms with Crippen molar-refractivity contribution in [2.24, 2.45) is 11.7 Å². The summed E-state index contributed by atoms with van der Waals surface area (Å²) in [6.45, 7) is 0. The van der Waals surface area contributed by atoms with E-state index in [1.165, 1.54) is 6.07 Å². The number of phenolic OH excluding ortho intramolecular Hbond substituents is 1. The van der Waals surface area contributed by atoms with E-state index in [4.69, 9.17) is 17.3 Å². The Hall–Kier alpha value is -0.800. The van der Waals surface area contributed by atoms with Gasteiger partial charge in [-0.2, -0.15) is 0 Å².